The van der Waals surface area contributed by atoms with Crippen LogP contribution in [0.15, 0.2) is 48.8 Å². The van der Waals surface area contributed by atoms with E-state index in [1.807, 2.05) is 24.4 Å². The van der Waals surface area contributed by atoms with Gasteiger partial charge < -0.3 is 14.4 Å². The predicted molar refractivity (Wildman–Crippen MR) is 115 cm³/mol. The van der Waals surface area contributed by atoms with Crippen molar-refractivity contribution in [2.75, 3.05) is 20.2 Å². The number of methoxy groups -OCH3 is 1. The van der Waals surface area contributed by atoms with E-state index in [1.165, 1.54) is 5.56 Å². The quantitative estimate of drug-likeness (QED) is 0.653. The maximum Gasteiger partial charge on any atom is 0.150 e. The van der Waals surface area contributed by atoms with Crippen molar-refractivity contribution in [2.45, 2.75) is 44.7 Å². The lowest BCUT2D eigenvalue weighted by molar-refractivity contribution is 0.171. The second-order valence-corrected chi connectivity index (χ2v) is 8.38. The van der Waals surface area contributed by atoms with Gasteiger partial charge in [-0.15, -0.1) is 10.2 Å². The summed E-state index contributed by atoms with van der Waals surface area (Å²) < 4.78 is 7.60. The number of hydrogen-bond acceptors (Lipinski definition) is 7. The molecule has 0 amide bonds. The van der Waals surface area contributed by atoms with Crippen molar-refractivity contribution in [3.63, 3.8) is 0 Å². The van der Waals surface area contributed by atoms with Gasteiger partial charge in [-0.25, -0.2) is 0 Å². The zero-order valence-corrected chi connectivity index (χ0v) is 17.8. The Bertz CT molecular complexity index is 1020. The standard InChI is InChI=1S/C23H28N6O2/c1-31-20-6-2-4-17(10-20)13-27-8-9-29-22(16-27)25-26-23(29)21-11-19(30)15-28(21)14-18-5-3-7-24-12-18/h2-7,10,12,19,21,30H,8-9,11,13-16H2,1H3/t19-,21+/m1/s1. The van der Waals surface area contributed by atoms with Gasteiger partial charge in [-0.3, -0.25) is 14.8 Å². The Hall–Kier alpha value is -2.81. The average molecular weight is 421 g/mol. The van der Waals surface area contributed by atoms with Crippen molar-refractivity contribution in [3.05, 3.63) is 71.6 Å². The fourth-order valence-electron chi connectivity index (χ4n) is 4.69. The summed E-state index contributed by atoms with van der Waals surface area (Å²) in [6, 6.07) is 12.3. The van der Waals surface area contributed by atoms with Gasteiger partial charge in [0, 0.05) is 45.1 Å². The molecule has 5 rings (SSSR count). The van der Waals surface area contributed by atoms with Gasteiger partial charge in [0.05, 0.1) is 25.8 Å². The van der Waals surface area contributed by atoms with Crippen LogP contribution in [0.5, 0.6) is 5.75 Å². The number of ether oxygens (including phenoxy) is 1. The molecule has 1 aromatic carbocycles. The summed E-state index contributed by atoms with van der Waals surface area (Å²) in [5.74, 6) is 2.84. The van der Waals surface area contributed by atoms with Crippen molar-refractivity contribution < 1.29 is 9.84 Å². The molecule has 0 bridgehead atoms. The molecule has 0 spiro atoms. The summed E-state index contributed by atoms with van der Waals surface area (Å²) in [6.45, 7) is 4.81. The maximum absolute atomic E-state index is 10.4. The van der Waals surface area contributed by atoms with E-state index in [0.29, 0.717) is 13.0 Å². The van der Waals surface area contributed by atoms with E-state index in [1.54, 1.807) is 13.3 Å². The smallest absolute Gasteiger partial charge is 0.150 e. The molecule has 162 valence electrons. The Morgan fingerprint density at radius 2 is 2.00 bits per heavy atom. The van der Waals surface area contributed by atoms with E-state index in [-0.39, 0.29) is 12.1 Å². The fourth-order valence-corrected chi connectivity index (χ4v) is 4.69. The molecule has 1 saturated heterocycles. The Morgan fingerprint density at radius 3 is 2.84 bits per heavy atom. The summed E-state index contributed by atoms with van der Waals surface area (Å²) in [5.41, 5.74) is 2.37. The molecular weight excluding hydrogens is 392 g/mol. The SMILES string of the molecule is COc1cccc(CN2CCn3c(nnc3[C@@H]3C[C@@H](O)CN3Cc3cccnc3)C2)c1. The molecule has 31 heavy (non-hydrogen) atoms. The number of nitrogens with zero attached hydrogens (tertiary/aromatic N) is 6. The van der Waals surface area contributed by atoms with Crippen LogP contribution < -0.4 is 4.74 Å². The van der Waals surface area contributed by atoms with Crippen LogP contribution in [-0.2, 0) is 26.2 Å². The number of rotatable bonds is 6. The minimum atomic E-state index is -0.345. The summed E-state index contributed by atoms with van der Waals surface area (Å²) in [6.07, 6.45) is 4.01. The third-order valence-corrected chi connectivity index (χ3v) is 6.19. The third kappa shape index (κ3) is 4.32. The number of pyridine rings is 1. The van der Waals surface area contributed by atoms with E-state index < -0.39 is 0 Å². The van der Waals surface area contributed by atoms with Crippen molar-refractivity contribution in [3.8, 4) is 5.75 Å². The van der Waals surface area contributed by atoms with Gasteiger partial charge in [-0.2, -0.15) is 0 Å². The van der Waals surface area contributed by atoms with E-state index in [9.17, 15) is 5.11 Å². The van der Waals surface area contributed by atoms with Gasteiger partial charge >= 0.3 is 0 Å². The van der Waals surface area contributed by atoms with Crippen LogP contribution in [0.25, 0.3) is 0 Å². The topological polar surface area (TPSA) is 79.5 Å². The van der Waals surface area contributed by atoms with Crippen LogP contribution in [-0.4, -0.2) is 61.0 Å². The Morgan fingerprint density at radius 1 is 1.10 bits per heavy atom. The second kappa shape index (κ2) is 8.74. The summed E-state index contributed by atoms with van der Waals surface area (Å²) in [4.78, 5) is 8.90. The molecule has 8 heteroatoms. The van der Waals surface area contributed by atoms with Gasteiger partial charge in [0.2, 0.25) is 0 Å². The second-order valence-electron chi connectivity index (χ2n) is 8.38. The Balaban J connectivity index is 1.30. The third-order valence-electron chi connectivity index (χ3n) is 6.19. The maximum atomic E-state index is 10.4. The van der Waals surface area contributed by atoms with Gasteiger partial charge in [0.25, 0.3) is 0 Å². The molecule has 2 aliphatic rings. The molecule has 2 aliphatic heterocycles. The van der Waals surface area contributed by atoms with Gasteiger partial charge in [-0.05, 0) is 35.7 Å². The van der Waals surface area contributed by atoms with E-state index >= 15 is 0 Å². The highest BCUT2D eigenvalue weighted by Gasteiger charge is 2.36. The van der Waals surface area contributed by atoms with Gasteiger partial charge in [-0.1, -0.05) is 18.2 Å². The summed E-state index contributed by atoms with van der Waals surface area (Å²) in [7, 11) is 1.70. The molecule has 2 aromatic heterocycles. The first-order chi connectivity index (χ1) is 15.2. The first kappa shape index (κ1) is 20.1. The lowest BCUT2D eigenvalue weighted by Crippen LogP contribution is -2.35. The van der Waals surface area contributed by atoms with Crippen LogP contribution >= 0.6 is 0 Å². The van der Waals surface area contributed by atoms with Crippen LogP contribution in [0.1, 0.15) is 35.2 Å². The fraction of sp³-hybridized carbons (Fsp3) is 0.435. The van der Waals surface area contributed by atoms with Crippen LogP contribution in [0.2, 0.25) is 0 Å². The molecule has 2 atom stereocenters. The van der Waals surface area contributed by atoms with Crippen LogP contribution in [0.3, 0.4) is 0 Å². The van der Waals surface area contributed by atoms with Gasteiger partial charge in [0.1, 0.15) is 11.6 Å². The number of aliphatic hydroxyl groups excluding tert-OH is 1. The van der Waals surface area contributed by atoms with E-state index in [0.717, 1.165) is 55.7 Å². The molecule has 0 radical (unpaired) electrons. The molecule has 3 aromatic rings. The van der Waals surface area contributed by atoms with Crippen LogP contribution in [0, 0.1) is 0 Å². The number of aliphatic hydroxyl groups is 1. The molecule has 4 heterocycles. The molecule has 0 aliphatic carbocycles. The summed E-state index contributed by atoms with van der Waals surface area (Å²) >= 11 is 0. The van der Waals surface area contributed by atoms with Crippen molar-refractivity contribution in [2.24, 2.45) is 0 Å². The molecular formula is C23H28N6O2. The number of benzene rings is 1. The van der Waals surface area contributed by atoms with E-state index in [2.05, 4.69) is 47.7 Å². The highest BCUT2D eigenvalue weighted by molar-refractivity contribution is 5.28. The average Bonchev–Trinajstić information content (AvgIpc) is 3.37. The molecule has 1 N–H and O–H groups in total. The zero-order chi connectivity index (χ0) is 21.2. The predicted octanol–water partition coefficient (Wildman–Crippen LogP) is 2.01. The highest BCUT2D eigenvalue weighted by atomic mass is 16.5. The number of hydrogen-bond donors (Lipinski definition) is 1. The largest absolute Gasteiger partial charge is 0.497 e. The highest BCUT2D eigenvalue weighted by Crippen LogP contribution is 2.33. The zero-order valence-electron chi connectivity index (χ0n) is 17.8. The van der Waals surface area contributed by atoms with Gasteiger partial charge in [0.15, 0.2) is 5.82 Å². The molecule has 1 fully saturated rings. The van der Waals surface area contributed by atoms with Crippen molar-refractivity contribution in [1.29, 1.82) is 0 Å². The Kier molecular flexibility index (Phi) is 5.67. The minimum Gasteiger partial charge on any atom is -0.497 e. The van der Waals surface area contributed by atoms with Crippen LogP contribution in [0.4, 0.5) is 0 Å². The lowest BCUT2D eigenvalue weighted by Gasteiger charge is -2.30. The molecule has 8 nitrogen and oxygen atoms in total. The first-order valence-electron chi connectivity index (χ1n) is 10.8. The number of β-amino-alcohol motifs (C(OH)–C–C–N with tert-alkyl or cyclic N) is 1. The number of aromatic nitrogens is 4. The van der Waals surface area contributed by atoms with Crippen molar-refractivity contribution in [1.82, 2.24) is 29.5 Å². The normalized spacial score (nSPS) is 21.9. The lowest BCUT2D eigenvalue weighted by atomic mass is 10.1. The monoisotopic (exact) mass is 420 g/mol. The number of fused-ring (bicyclic) bond motifs is 1. The van der Waals surface area contributed by atoms with E-state index in [4.69, 9.17) is 4.74 Å². The number of likely N-dealkylation sites (tertiary alicyclic amines) is 1. The van der Waals surface area contributed by atoms with Crippen molar-refractivity contribution >= 4 is 0 Å². The Labute approximate surface area is 182 Å². The molecule has 0 unspecified atom stereocenters. The molecule has 0 saturated carbocycles. The first-order valence-corrected chi connectivity index (χ1v) is 10.8. The summed E-state index contributed by atoms with van der Waals surface area (Å²) in [5, 5.41) is 19.5. The minimum absolute atomic E-state index is 0.0707.